The number of nitrogens with two attached hydrogens (primary N) is 1. The van der Waals surface area contributed by atoms with E-state index in [4.69, 9.17) is 17.3 Å². The third-order valence-corrected chi connectivity index (χ3v) is 2.98. The number of anilines is 3. The summed E-state index contributed by atoms with van der Waals surface area (Å²) in [6.45, 7) is 2.90. The highest BCUT2D eigenvalue weighted by molar-refractivity contribution is 6.34. The van der Waals surface area contributed by atoms with Crippen molar-refractivity contribution in [3.63, 3.8) is 0 Å². The summed E-state index contributed by atoms with van der Waals surface area (Å²) in [6, 6.07) is 15.7. The Morgan fingerprint density at radius 3 is 2.35 bits per heavy atom. The predicted molar refractivity (Wildman–Crippen MR) is 75.0 cm³/mol. The highest BCUT2D eigenvalue weighted by atomic mass is 35.5. The first kappa shape index (κ1) is 11.8. The van der Waals surface area contributed by atoms with Gasteiger partial charge in [0.25, 0.3) is 0 Å². The van der Waals surface area contributed by atoms with Gasteiger partial charge in [0.15, 0.2) is 0 Å². The Labute approximate surface area is 107 Å². The Morgan fingerprint density at radius 2 is 1.76 bits per heavy atom. The van der Waals surface area contributed by atoms with Crippen molar-refractivity contribution in [3.05, 3.63) is 53.6 Å². The molecule has 2 nitrogen and oxygen atoms in total. The zero-order chi connectivity index (χ0) is 12.3. The molecule has 0 atom stereocenters. The lowest BCUT2D eigenvalue weighted by Crippen LogP contribution is -2.17. The molecule has 0 bridgehead atoms. The van der Waals surface area contributed by atoms with Gasteiger partial charge in [0, 0.05) is 12.2 Å². The summed E-state index contributed by atoms with van der Waals surface area (Å²) in [5, 5.41) is 0.677. The van der Waals surface area contributed by atoms with Crippen molar-refractivity contribution >= 4 is 28.7 Å². The van der Waals surface area contributed by atoms with Gasteiger partial charge >= 0.3 is 0 Å². The summed E-state index contributed by atoms with van der Waals surface area (Å²) in [7, 11) is 0. The van der Waals surface area contributed by atoms with E-state index in [2.05, 4.69) is 11.8 Å². The van der Waals surface area contributed by atoms with Gasteiger partial charge in [0.1, 0.15) is 0 Å². The molecule has 2 aromatic rings. The second-order valence-electron chi connectivity index (χ2n) is 3.76. The summed E-state index contributed by atoms with van der Waals surface area (Å²) < 4.78 is 0. The van der Waals surface area contributed by atoms with E-state index in [1.54, 1.807) is 0 Å². The zero-order valence-corrected chi connectivity index (χ0v) is 10.5. The Kier molecular flexibility index (Phi) is 3.55. The summed E-state index contributed by atoms with van der Waals surface area (Å²) in [4.78, 5) is 2.11. The quantitative estimate of drug-likeness (QED) is 0.827. The molecule has 0 unspecified atom stereocenters. The molecule has 2 rings (SSSR count). The maximum absolute atomic E-state index is 6.23. The Hall–Kier alpha value is -1.67. The van der Waals surface area contributed by atoms with Gasteiger partial charge in [-0.15, -0.1) is 0 Å². The third kappa shape index (κ3) is 2.37. The van der Waals surface area contributed by atoms with Crippen molar-refractivity contribution < 1.29 is 0 Å². The van der Waals surface area contributed by atoms with Crippen molar-refractivity contribution in [3.8, 4) is 0 Å². The fourth-order valence-corrected chi connectivity index (χ4v) is 2.18. The predicted octanol–water partition coefficient (Wildman–Crippen LogP) is 4.08. The minimum absolute atomic E-state index is 0.677. The average Bonchev–Trinajstić information content (AvgIpc) is 2.35. The van der Waals surface area contributed by atoms with Crippen LogP contribution in [0.25, 0.3) is 0 Å². The topological polar surface area (TPSA) is 29.3 Å². The van der Waals surface area contributed by atoms with Crippen LogP contribution in [-0.4, -0.2) is 6.54 Å². The highest BCUT2D eigenvalue weighted by Gasteiger charge is 2.13. The Balaban J connectivity index is 2.50. The van der Waals surface area contributed by atoms with Crippen molar-refractivity contribution in [1.29, 1.82) is 0 Å². The number of benzene rings is 2. The van der Waals surface area contributed by atoms with Crippen LogP contribution in [0, 0.1) is 0 Å². The van der Waals surface area contributed by atoms with E-state index in [0.29, 0.717) is 10.7 Å². The van der Waals surface area contributed by atoms with Crippen LogP contribution >= 0.6 is 11.6 Å². The molecule has 0 aliphatic rings. The molecule has 0 aromatic heterocycles. The van der Waals surface area contributed by atoms with Gasteiger partial charge in [-0.3, -0.25) is 0 Å². The smallest absolute Gasteiger partial charge is 0.0833 e. The van der Waals surface area contributed by atoms with Gasteiger partial charge in [-0.1, -0.05) is 35.9 Å². The van der Waals surface area contributed by atoms with Crippen LogP contribution in [0.2, 0.25) is 5.02 Å². The summed E-state index contributed by atoms with van der Waals surface area (Å²) in [6.07, 6.45) is 0. The lowest BCUT2D eigenvalue weighted by molar-refractivity contribution is 1.03. The van der Waals surface area contributed by atoms with Crippen LogP contribution in [0.3, 0.4) is 0 Å². The summed E-state index contributed by atoms with van der Waals surface area (Å²) in [5.74, 6) is 0. The molecule has 3 heteroatoms. The van der Waals surface area contributed by atoms with E-state index >= 15 is 0 Å². The fourth-order valence-electron chi connectivity index (χ4n) is 1.89. The molecule has 2 N–H and O–H groups in total. The third-order valence-electron chi connectivity index (χ3n) is 2.67. The number of hydrogen-bond donors (Lipinski definition) is 1. The van der Waals surface area contributed by atoms with Crippen molar-refractivity contribution in [2.45, 2.75) is 6.92 Å². The van der Waals surface area contributed by atoms with E-state index in [9.17, 15) is 0 Å². The maximum atomic E-state index is 6.23. The molecule has 0 amide bonds. The number of hydrogen-bond acceptors (Lipinski definition) is 2. The van der Waals surface area contributed by atoms with Gasteiger partial charge in [0.05, 0.1) is 16.4 Å². The second-order valence-corrected chi connectivity index (χ2v) is 4.16. The lowest BCUT2D eigenvalue weighted by Gasteiger charge is -2.25. The van der Waals surface area contributed by atoms with Crippen LogP contribution in [0.1, 0.15) is 6.92 Å². The Morgan fingerprint density at radius 1 is 1.06 bits per heavy atom. The number of para-hydroxylation sites is 2. The van der Waals surface area contributed by atoms with E-state index < -0.39 is 0 Å². The van der Waals surface area contributed by atoms with Crippen LogP contribution in [0.15, 0.2) is 48.5 Å². The van der Waals surface area contributed by atoms with Gasteiger partial charge in [0.2, 0.25) is 0 Å². The second kappa shape index (κ2) is 5.11. The van der Waals surface area contributed by atoms with Gasteiger partial charge in [-0.05, 0) is 31.2 Å². The van der Waals surface area contributed by atoms with Crippen LogP contribution in [0.5, 0.6) is 0 Å². The number of rotatable bonds is 3. The molecule has 0 fully saturated rings. The summed E-state index contributed by atoms with van der Waals surface area (Å²) >= 11 is 6.23. The first-order valence-corrected chi connectivity index (χ1v) is 5.98. The van der Waals surface area contributed by atoms with Gasteiger partial charge in [-0.2, -0.15) is 0 Å². The number of nitrogens with zero attached hydrogens (tertiary/aromatic N) is 1. The Bertz CT molecular complexity index is 477. The fraction of sp³-hybridized carbons (Fsp3) is 0.143. The van der Waals surface area contributed by atoms with Crippen LogP contribution in [0.4, 0.5) is 17.1 Å². The molecular formula is C14H15ClN2. The van der Waals surface area contributed by atoms with E-state index in [1.165, 1.54) is 0 Å². The van der Waals surface area contributed by atoms with Crippen LogP contribution < -0.4 is 10.6 Å². The molecule has 2 aromatic carbocycles. The van der Waals surface area contributed by atoms with Gasteiger partial charge < -0.3 is 10.6 Å². The molecule has 0 aliphatic carbocycles. The monoisotopic (exact) mass is 246 g/mol. The van der Waals surface area contributed by atoms with Crippen LogP contribution in [-0.2, 0) is 0 Å². The minimum atomic E-state index is 0.677. The standard InChI is InChI=1S/C14H15ClN2/c1-2-17(11-7-4-3-5-8-11)14-12(15)9-6-10-13(14)16/h3-10H,2,16H2,1H3. The summed E-state index contributed by atoms with van der Waals surface area (Å²) in [5.41, 5.74) is 8.68. The van der Waals surface area contributed by atoms with E-state index in [-0.39, 0.29) is 0 Å². The number of halogens is 1. The minimum Gasteiger partial charge on any atom is -0.397 e. The molecular weight excluding hydrogens is 232 g/mol. The van der Waals surface area contributed by atoms with E-state index in [1.807, 2.05) is 48.5 Å². The first-order chi connectivity index (χ1) is 8.24. The molecule has 0 radical (unpaired) electrons. The zero-order valence-electron chi connectivity index (χ0n) is 9.73. The highest BCUT2D eigenvalue weighted by Crippen LogP contribution is 2.36. The van der Waals surface area contributed by atoms with E-state index in [0.717, 1.165) is 17.9 Å². The molecule has 88 valence electrons. The molecule has 0 spiro atoms. The average molecular weight is 247 g/mol. The van der Waals surface area contributed by atoms with Crippen molar-refractivity contribution in [2.24, 2.45) is 0 Å². The first-order valence-electron chi connectivity index (χ1n) is 5.60. The normalized spacial score (nSPS) is 10.2. The molecule has 0 aliphatic heterocycles. The molecule has 17 heavy (non-hydrogen) atoms. The van der Waals surface area contributed by atoms with Gasteiger partial charge in [-0.25, -0.2) is 0 Å². The maximum Gasteiger partial charge on any atom is 0.0833 e. The number of nitrogen functional groups attached to an aromatic ring is 1. The SMILES string of the molecule is CCN(c1ccccc1)c1c(N)cccc1Cl. The van der Waals surface area contributed by atoms with Crippen molar-refractivity contribution in [1.82, 2.24) is 0 Å². The molecule has 0 saturated carbocycles. The molecule has 0 saturated heterocycles. The largest absolute Gasteiger partial charge is 0.397 e. The lowest BCUT2D eigenvalue weighted by atomic mass is 10.2. The van der Waals surface area contributed by atoms with Crippen molar-refractivity contribution in [2.75, 3.05) is 17.2 Å². The molecule has 0 heterocycles.